The molecule has 3 aromatic rings. The molecule has 0 unspecified atom stereocenters. The number of hydrogen-bond acceptors (Lipinski definition) is 5. The summed E-state index contributed by atoms with van der Waals surface area (Å²) in [6.45, 7) is 1.53. The highest BCUT2D eigenvalue weighted by Gasteiger charge is 2.29. The highest BCUT2D eigenvalue weighted by Crippen LogP contribution is 2.27. The molecule has 0 aliphatic rings. The van der Waals surface area contributed by atoms with Gasteiger partial charge >= 0.3 is 0 Å². The second kappa shape index (κ2) is 9.53. The molecule has 0 radical (unpaired) electrons. The van der Waals surface area contributed by atoms with Gasteiger partial charge in [-0.1, -0.05) is 24.3 Å². The van der Waals surface area contributed by atoms with E-state index in [1.165, 1.54) is 14.0 Å². The Bertz CT molecular complexity index is 1130. The molecule has 0 saturated carbocycles. The SMILES string of the molecule is COc1cccc(NC(=O)[C@H](C)N(c2ccc(Oc3ccccc3)cc2)S(C)(=O)=O)c1. The molecule has 1 amide bonds. The van der Waals surface area contributed by atoms with E-state index in [0.717, 1.165) is 10.6 Å². The third-order valence-corrected chi connectivity index (χ3v) is 5.74. The molecular formula is C23H24N2O5S. The zero-order valence-corrected chi connectivity index (χ0v) is 18.3. The molecule has 31 heavy (non-hydrogen) atoms. The number of amides is 1. The molecular weight excluding hydrogens is 416 g/mol. The minimum atomic E-state index is -3.73. The lowest BCUT2D eigenvalue weighted by atomic mass is 10.2. The fourth-order valence-electron chi connectivity index (χ4n) is 3.04. The van der Waals surface area contributed by atoms with Crippen LogP contribution in [0, 0.1) is 0 Å². The van der Waals surface area contributed by atoms with Crippen molar-refractivity contribution in [2.24, 2.45) is 0 Å². The van der Waals surface area contributed by atoms with E-state index in [0.29, 0.717) is 28.6 Å². The zero-order chi connectivity index (χ0) is 22.4. The van der Waals surface area contributed by atoms with E-state index in [1.807, 2.05) is 30.3 Å². The molecule has 1 atom stereocenters. The largest absolute Gasteiger partial charge is 0.497 e. The van der Waals surface area contributed by atoms with Crippen molar-refractivity contribution in [1.82, 2.24) is 0 Å². The third kappa shape index (κ3) is 5.76. The average molecular weight is 441 g/mol. The molecule has 0 bridgehead atoms. The van der Waals surface area contributed by atoms with E-state index in [9.17, 15) is 13.2 Å². The summed E-state index contributed by atoms with van der Waals surface area (Å²) in [5.41, 5.74) is 0.868. The highest BCUT2D eigenvalue weighted by molar-refractivity contribution is 7.92. The monoisotopic (exact) mass is 440 g/mol. The van der Waals surface area contributed by atoms with E-state index in [1.54, 1.807) is 48.5 Å². The summed E-state index contributed by atoms with van der Waals surface area (Å²) in [6, 6.07) is 21.6. The topological polar surface area (TPSA) is 84.9 Å². The number of nitrogens with zero attached hydrogens (tertiary/aromatic N) is 1. The lowest BCUT2D eigenvalue weighted by Gasteiger charge is -2.28. The Balaban J connectivity index is 1.80. The first-order valence-corrected chi connectivity index (χ1v) is 11.4. The molecule has 0 spiro atoms. The van der Waals surface area contributed by atoms with Crippen LogP contribution in [0.15, 0.2) is 78.9 Å². The van der Waals surface area contributed by atoms with Crippen LogP contribution >= 0.6 is 0 Å². The van der Waals surface area contributed by atoms with Crippen LogP contribution < -0.4 is 19.1 Å². The summed E-state index contributed by atoms with van der Waals surface area (Å²) < 4.78 is 37.0. The minimum Gasteiger partial charge on any atom is -0.497 e. The number of nitrogens with one attached hydrogen (secondary N) is 1. The van der Waals surface area contributed by atoms with Crippen LogP contribution in [0.25, 0.3) is 0 Å². The summed E-state index contributed by atoms with van der Waals surface area (Å²) in [7, 11) is -2.20. The third-order valence-electron chi connectivity index (χ3n) is 4.50. The van der Waals surface area contributed by atoms with E-state index < -0.39 is 22.0 Å². The molecule has 0 saturated heterocycles. The molecule has 0 aromatic heterocycles. The highest BCUT2D eigenvalue weighted by atomic mass is 32.2. The predicted octanol–water partition coefficient (Wildman–Crippen LogP) is 4.28. The summed E-state index contributed by atoms with van der Waals surface area (Å²) in [5.74, 6) is 1.33. The molecule has 3 aromatic carbocycles. The Morgan fingerprint density at radius 3 is 2.13 bits per heavy atom. The van der Waals surface area contributed by atoms with Crippen LogP contribution in [0.1, 0.15) is 6.92 Å². The van der Waals surface area contributed by atoms with Crippen molar-refractivity contribution in [3.8, 4) is 17.2 Å². The van der Waals surface area contributed by atoms with Crippen molar-refractivity contribution >= 4 is 27.3 Å². The molecule has 0 heterocycles. The Morgan fingerprint density at radius 2 is 1.52 bits per heavy atom. The van der Waals surface area contributed by atoms with E-state index in [2.05, 4.69) is 5.32 Å². The first-order valence-electron chi connectivity index (χ1n) is 9.55. The van der Waals surface area contributed by atoms with Crippen LogP contribution in [0.4, 0.5) is 11.4 Å². The van der Waals surface area contributed by atoms with Crippen molar-refractivity contribution in [1.29, 1.82) is 0 Å². The quantitative estimate of drug-likeness (QED) is 0.565. The normalized spacial score (nSPS) is 12.0. The van der Waals surface area contributed by atoms with Crippen LogP contribution in [-0.2, 0) is 14.8 Å². The summed E-state index contributed by atoms with van der Waals surface area (Å²) in [4.78, 5) is 12.8. The van der Waals surface area contributed by atoms with Gasteiger partial charge in [-0.15, -0.1) is 0 Å². The van der Waals surface area contributed by atoms with E-state index in [4.69, 9.17) is 9.47 Å². The number of anilines is 2. The molecule has 7 nitrogen and oxygen atoms in total. The van der Waals surface area contributed by atoms with E-state index in [-0.39, 0.29) is 0 Å². The Labute approximate surface area is 182 Å². The maximum atomic E-state index is 12.8. The molecule has 1 N–H and O–H groups in total. The van der Waals surface area contributed by atoms with Gasteiger partial charge in [0.05, 0.1) is 19.1 Å². The van der Waals surface area contributed by atoms with Crippen molar-refractivity contribution in [3.63, 3.8) is 0 Å². The lowest BCUT2D eigenvalue weighted by Crippen LogP contribution is -2.45. The number of methoxy groups -OCH3 is 1. The van der Waals surface area contributed by atoms with Gasteiger partial charge in [0.2, 0.25) is 15.9 Å². The van der Waals surface area contributed by atoms with Gasteiger partial charge in [0.25, 0.3) is 0 Å². The van der Waals surface area contributed by atoms with E-state index >= 15 is 0 Å². The Morgan fingerprint density at radius 1 is 0.903 bits per heavy atom. The van der Waals surface area contributed by atoms with Crippen molar-refractivity contribution < 1.29 is 22.7 Å². The zero-order valence-electron chi connectivity index (χ0n) is 17.5. The minimum absolute atomic E-state index is 0.358. The fourth-order valence-corrected chi connectivity index (χ4v) is 4.22. The van der Waals surface area contributed by atoms with Gasteiger partial charge in [-0.05, 0) is 55.5 Å². The average Bonchev–Trinajstić information content (AvgIpc) is 2.75. The van der Waals surface area contributed by atoms with Crippen molar-refractivity contribution in [2.75, 3.05) is 23.0 Å². The second-order valence-corrected chi connectivity index (χ2v) is 8.72. The van der Waals surface area contributed by atoms with Gasteiger partial charge in [0.15, 0.2) is 0 Å². The van der Waals surface area contributed by atoms with Gasteiger partial charge < -0.3 is 14.8 Å². The van der Waals surface area contributed by atoms with Crippen LogP contribution in [0.5, 0.6) is 17.2 Å². The van der Waals surface area contributed by atoms with Gasteiger partial charge in [-0.25, -0.2) is 8.42 Å². The van der Waals surface area contributed by atoms with Crippen molar-refractivity contribution in [3.05, 3.63) is 78.9 Å². The Kier molecular flexibility index (Phi) is 6.81. The Hall–Kier alpha value is -3.52. The number of carbonyl (C=O) groups excluding carboxylic acids is 1. The number of hydrogen-bond donors (Lipinski definition) is 1. The van der Waals surface area contributed by atoms with Crippen molar-refractivity contribution in [2.45, 2.75) is 13.0 Å². The molecule has 3 rings (SSSR count). The molecule has 8 heteroatoms. The maximum absolute atomic E-state index is 12.8. The number of sulfonamides is 1. The number of benzene rings is 3. The van der Waals surface area contributed by atoms with Gasteiger partial charge in [0, 0.05) is 11.8 Å². The molecule has 0 fully saturated rings. The second-order valence-electron chi connectivity index (χ2n) is 6.87. The molecule has 0 aliphatic carbocycles. The van der Waals surface area contributed by atoms with Gasteiger partial charge in [-0.2, -0.15) is 0 Å². The summed E-state index contributed by atoms with van der Waals surface area (Å²) in [5, 5.41) is 2.73. The number of carbonyl (C=O) groups is 1. The maximum Gasteiger partial charge on any atom is 0.247 e. The number of rotatable bonds is 8. The smallest absolute Gasteiger partial charge is 0.247 e. The van der Waals surface area contributed by atoms with Crippen LogP contribution in [-0.4, -0.2) is 33.7 Å². The number of para-hydroxylation sites is 1. The van der Waals surface area contributed by atoms with Gasteiger partial charge in [0.1, 0.15) is 23.3 Å². The molecule has 0 aliphatic heterocycles. The van der Waals surface area contributed by atoms with Gasteiger partial charge in [-0.3, -0.25) is 9.10 Å². The fraction of sp³-hybridized carbons (Fsp3) is 0.174. The summed E-state index contributed by atoms with van der Waals surface area (Å²) in [6.07, 6.45) is 1.07. The lowest BCUT2D eigenvalue weighted by molar-refractivity contribution is -0.116. The summed E-state index contributed by atoms with van der Waals surface area (Å²) >= 11 is 0. The first kappa shape index (κ1) is 22.2. The predicted molar refractivity (Wildman–Crippen MR) is 121 cm³/mol. The first-order chi connectivity index (χ1) is 14.8. The molecule has 162 valence electrons. The number of ether oxygens (including phenoxy) is 2. The standard InChI is InChI=1S/C23H24N2O5S/c1-17(23(26)24-18-8-7-11-22(16-18)29-2)25(31(3,27)28)19-12-14-21(15-13-19)30-20-9-5-4-6-10-20/h4-17H,1-3H3,(H,24,26)/t17-/m0/s1. The van der Waals surface area contributed by atoms with Crippen LogP contribution in [0.2, 0.25) is 0 Å². The van der Waals surface area contributed by atoms with Crippen LogP contribution in [0.3, 0.4) is 0 Å².